The maximum atomic E-state index is 4.30. The minimum Gasteiger partial charge on any atom is -0.306 e. The molecule has 1 aromatic rings. The molecule has 0 aromatic carbocycles. The standard InChI is InChI=1S/C10H15N3/c1-13-6-3-9(4-7-13)10-2-5-11-8-12-10/h2,5,8-9H,3-4,6-7H2,1H3. The van der Waals surface area contributed by atoms with Crippen molar-refractivity contribution in [3.63, 3.8) is 0 Å². The summed E-state index contributed by atoms with van der Waals surface area (Å²) in [5, 5.41) is 0. The molecule has 0 saturated carbocycles. The molecule has 0 amide bonds. The molecule has 70 valence electrons. The number of likely N-dealkylation sites (tertiary alicyclic amines) is 1. The third kappa shape index (κ3) is 2.04. The van der Waals surface area contributed by atoms with E-state index in [1.54, 1.807) is 6.33 Å². The van der Waals surface area contributed by atoms with Crippen LogP contribution < -0.4 is 0 Å². The summed E-state index contributed by atoms with van der Waals surface area (Å²) in [6, 6.07) is 2.04. The second-order valence-corrected chi connectivity index (χ2v) is 3.71. The highest BCUT2D eigenvalue weighted by Crippen LogP contribution is 2.24. The van der Waals surface area contributed by atoms with Gasteiger partial charge in [0.2, 0.25) is 0 Å². The van der Waals surface area contributed by atoms with Crippen LogP contribution in [0, 0.1) is 0 Å². The Morgan fingerprint density at radius 1 is 1.38 bits per heavy atom. The average molecular weight is 177 g/mol. The van der Waals surface area contributed by atoms with Gasteiger partial charge in [0.15, 0.2) is 0 Å². The van der Waals surface area contributed by atoms with Crippen LogP contribution in [0.5, 0.6) is 0 Å². The Hall–Kier alpha value is -0.960. The normalized spacial score (nSPS) is 20.4. The molecule has 1 fully saturated rings. The zero-order valence-electron chi connectivity index (χ0n) is 7.98. The Balaban J connectivity index is 2.03. The Kier molecular flexibility index (Phi) is 2.54. The first kappa shape index (κ1) is 8.63. The van der Waals surface area contributed by atoms with Crippen LogP contribution in [0.1, 0.15) is 24.5 Å². The first-order valence-electron chi connectivity index (χ1n) is 4.81. The van der Waals surface area contributed by atoms with Gasteiger partial charge in [-0.3, -0.25) is 0 Å². The number of hydrogen-bond donors (Lipinski definition) is 0. The van der Waals surface area contributed by atoms with E-state index in [0.29, 0.717) is 5.92 Å². The highest BCUT2D eigenvalue weighted by Gasteiger charge is 2.18. The summed E-state index contributed by atoms with van der Waals surface area (Å²) in [6.07, 6.45) is 5.94. The summed E-state index contributed by atoms with van der Waals surface area (Å²) in [4.78, 5) is 10.6. The molecule has 1 aromatic heterocycles. The lowest BCUT2D eigenvalue weighted by atomic mass is 9.94. The maximum Gasteiger partial charge on any atom is 0.115 e. The molecule has 1 aliphatic heterocycles. The first-order chi connectivity index (χ1) is 6.36. The smallest absolute Gasteiger partial charge is 0.115 e. The van der Waals surface area contributed by atoms with Crippen LogP contribution >= 0.6 is 0 Å². The quantitative estimate of drug-likeness (QED) is 0.647. The molecule has 13 heavy (non-hydrogen) atoms. The molecule has 3 nitrogen and oxygen atoms in total. The molecule has 0 N–H and O–H groups in total. The zero-order valence-corrected chi connectivity index (χ0v) is 7.98. The summed E-state index contributed by atoms with van der Waals surface area (Å²) in [5.41, 5.74) is 1.21. The van der Waals surface area contributed by atoms with Crippen molar-refractivity contribution in [1.29, 1.82) is 0 Å². The lowest BCUT2D eigenvalue weighted by Gasteiger charge is -2.28. The predicted octanol–water partition coefficient (Wildman–Crippen LogP) is 1.29. The van der Waals surface area contributed by atoms with E-state index in [9.17, 15) is 0 Å². The maximum absolute atomic E-state index is 4.30. The molecular formula is C10H15N3. The molecule has 2 heterocycles. The third-order valence-electron chi connectivity index (χ3n) is 2.74. The average Bonchev–Trinajstić information content (AvgIpc) is 2.20. The molecule has 0 bridgehead atoms. The van der Waals surface area contributed by atoms with Gasteiger partial charge in [0.1, 0.15) is 6.33 Å². The zero-order chi connectivity index (χ0) is 9.10. The number of nitrogens with zero attached hydrogens (tertiary/aromatic N) is 3. The fourth-order valence-electron chi connectivity index (χ4n) is 1.85. The summed E-state index contributed by atoms with van der Waals surface area (Å²) >= 11 is 0. The monoisotopic (exact) mass is 177 g/mol. The lowest BCUT2D eigenvalue weighted by molar-refractivity contribution is 0.253. The van der Waals surface area contributed by atoms with Gasteiger partial charge < -0.3 is 4.90 Å². The van der Waals surface area contributed by atoms with Gasteiger partial charge in [-0.25, -0.2) is 9.97 Å². The van der Waals surface area contributed by atoms with Gasteiger partial charge in [0.25, 0.3) is 0 Å². The fraction of sp³-hybridized carbons (Fsp3) is 0.600. The summed E-state index contributed by atoms with van der Waals surface area (Å²) < 4.78 is 0. The molecule has 0 aliphatic carbocycles. The number of hydrogen-bond acceptors (Lipinski definition) is 3. The minimum atomic E-state index is 0.652. The second-order valence-electron chi connectivity index (χ2n) is 3.71. The number of aromatic nitrogens is 2. The molecular weight excluding hydrogens is 162 g/mol. The topological polar surface area (TPSA) is 29.0 Å². The molecule has 1 aliphatic rings. The minimum absolute atomic E-state index is 0.652. The van der Waals surface area contributed by atoms with Gasteiger partial charge in [0.05, 0.1) is 0 Å². The summed E-state index contributed by atoms with van der Waals surface area (Å²) in [5.74, 6) is 0.652. The Labute approximate surface area is 78.8 Å². The van der Waals surface area contributed by atoms with Gasteiger partial charge in [-0.1, -0.05) is 0 Å². The van der Waals surface area contributed by atoms with Crippen LogP contribution in [0.25, 0.3) is 0 Å². The van der Waals surface area contributed by atoms with E-state index in [2.05, 4.69) is 21.9 Å². The van der Waals surface area contributed by atoms with E-state index in [4.69, 9.17) is 0 Å². The van der Waals surface area contributed by atoms with Gasteiger partial charge in [-0.15, -0.1) is 0 Å². The van der Waals surface area contributed by atoms with Gasteiger partial charge in [-0.05, 0) is 39.0 Å². The highest BCUT2D eigenvalue weighted by atomic mass is 15.1. The van der Waals surface area contributed by atoms with Crippen LogP contribution in [0.3, 0.4) is 0 Å². The SMILES string of the molecule is CN1CCC(c2ccncn2)CC1. The first-order valence-corrected chi connectivity index (χ1v) is 4.81. The van der Waals surface area contributed by atoms with E-state index in [0.717, 1.165) is 0 Å². The second kappa shape index (κ2) is 3.83. The van der Waals surface area contributed by atoms with Crippen molar-refractivity contribution < 1.29 is 0 Å². The number of piperidine rings is 1. The van der Waals surface area contributed by atoms with Crippen molar-refractivity contribution in [2.75, 3.05) is 20.1 Å². The van der Waals surface area contributed by atoms with Gasteiger partial charge in [-0.2, -0.15) is 0 Å². The van der Waals surface area contributed by atoms with Crippen molar-refractivity contribution in [3.8, 4) is 0 Å². The highest BCUT2D eigenvalue weighted by molar-refractivity contribution is 5.06. The molecule has 3 heteroatoms. The predicted molar refractivity (Wildman–Crippen MR) is 51.5 cm³/mol. The van der Waals surface area contributed by atoms with Crippen molar-refractivity contribution in [3.05, 3.63) is 24.3 Å². The van der Waals surface area contributed by atoms with Crippen LogP contribution in [0.4, 0.5) is 0 Å². The Bertz CT molecular complexity index is 252. The lowest BCUT2D eigenvalue weighted by Crippen LogP contribution is -2.29. The van der Waals surface area contributed by atoms with Crippen molar-refractivity contribution in [2.24, 2.45) is 0 Å². The summed E-state index contributed by atoms with van der Waals surface area (Å²) in [6.45, 7) is 2.38. The van der Waals surface area contributed by atoms with E-state index in [1.807, 2.05) is 12.3 Å². The molecule has 0 atom stereocenters. The van der Waals surface area contributed by atoms with Gasteiger partial charge >= 0.3 is 0 Å². The van der Waals surface area contributed by atoms with Crippen LogP contribution in [0.2, 0.25) is 0 Å². The number of rotatable bonds is 1. The molecule has 0 spiro atoms. The Morgan fingerprint density at radius 3 is 2.77 bits per heavy atom. The Morgan fingerprint density at radius 2 is 2.15 bits per heavy atom. The van der Waals surface area contributed by atoms with E-state index < -0.39 is 0 Å². The molecule has 0 unspecified atom stereocenters. The van der Waals surface area contributed by atoms with Crippen molar-refractivity contribution >= 4 is 0 Å². The van der Waals surface area contributed by atoms with Crippen molar-refractivity contribution in [1.82, 2.24) is 14.9 Å². The molecule has 2 rings (SSSR count). The molecule has 0 radical (unpaired) electrons. The van der Waals surface area contributed by atoms with Crippen LogP contribution in [0.15, 0.2) is 18.6 Å². The van der Waals surface area contributed by atoms with E-state index in [-0.39, 0.29) is 0 Å². The molecule has 1 saturated heterocycles. The van der Waals surface area contributed by atoms with Crippen molar-refractivity contribution in [2.45, 2.75) is 18.8 Å². The van der Waals surface area contributed by atoms with Crippen LogP contribution in [-0.4, -0.2) is 35.0 Å². The van der Waals surface area contributed by atoms with Crippen LogP contribution in [-0.2, 0) is 0 Å². The fourth-order valence-corrected chi connectivity index (χ4v) is 1.85. The third-order valence-corrected chi connectivity index (χ3v) is 2.74. The van der Waals surface area contributed by atoms with Gasteiger partial charge in [0, 0.05) is 17.8 Å². The summed E-state index contributed by atoms with van der Waals surface area (Å²) in [7, 11) is 2.18. The largest absolute Gasteiger partial charge is 0.306 e. The van der Waals surface area contributed by atoms with E-state index in [1.165, 1.54) is 31.6 Å². The van der Waals surface area contributed by atoms with E-state index >= 15 is 0 Å².